The standard InChI is InChI=1S/C17H21N3O5S/c21-17(18-12-15-5-1-2-8-24-15)13-4-3-6-16(10-13)26(22,23)19-11-14-7-9-25-20-14/h3-4,6-7,9-10,15,19H,1-2,5,8,11-12H2,(H,18,21)/t15-/m0/s1. The van der Waals surface area contributed by atoms with Gasteiger partial charge in [0.2, 0.25) is 10.0 Å². The van der Waals surface area contributed by atoms with E-state index in [1.807, 2.05) is 0 Å². The van der Waals surface area contributed by atoms with Gasteiger partial charge in [0, 0.05) is 24.8 Å². The van der Waals surface area contributed by atoms with Crippen LogP contribution < -0.4 is 10.0 Å². The van der Waals surface area contributed by atoms with E-state index in [1.54, 1.807) is 12.1 Å². The minimum atomic E-state index is -3.76. The van der Waals surface area contributed by atoms with Gasteiger partial charge in [0.15, 0.2) is 0 Å². The van der Waals surface area contributed by atoms with Gasteiger partial charge in [-0.3, -0.25) is 4.79 Å². The first-order chi connectivity index (χ1) is 12.5. The number of aromatic nitrogens is 1. The Balaban J connectivity index is 1.61. The summed E-state index contributed by atoms with van der Waals surface area (Å²) in [7, 11) is -3.76. The molecule has 1 atom stereocenters. The summed E-state index contributed by atoms with van der Waals surface area (Å²) < 4.78 is 37.4. The molecule has 1 aromatic heterocycles. The number of hydrogen-bond donors (Lipinski definition) is 2. The molecule has 1 aromatic carbocycles. The van der Waals surface area contributed by atoms with Crippen LogP contribution in [0.15, 0.2) is 46.0 Å². The molecule has 2 N–H and O–H groups in total. The van der Waals surface area contributed by atoms with Gasteiger partial charge in [-0.05, 0) is 37.5 Å². The van der Waals surface area contributed by atoms with Crippen LogP contribution in [0, 0.1) is 0 Å². The van der Waals surface area contributed by atoms with Gasteiger partial charge in [-0.1, -0.05) is 11.2 Å². The van der Waals surface area contributed by atoms with Gasteiger partial charge in [0.1, 0.15) is 6.26 Å². The molecule has 140 valence electrons. The molecule has 0 radical (unpaired) electrons. The summed E-state index contributed by atoms with van der Waals surface area (Å²) in [6.45, 7) is 1.14. The van der Waals surface area contributed by atoms with Crippen molar-refractivity contribution in [2.24, 2.45) is 0 Å². The Morgan fingerprint density at radius 3 is 2.88 bits per heavy atom. The number of benzene rings is 1. The first-order valence-electron chi connectivity index (χ1n) is 8.43. The lowest BCUT2D eigenvalue weighted by molar-refractivity contribution is 0.0169. The van der Waals surface area contributed by atoms with Gasteiger partial charge in [0.05, 0.1) is 23.2 Å². The van der Waals surface area contributed by atoms with Crippen LogP contribution in [0.5, 0.6) is 0 Å². The van der Waals surface area contributed by atoms with E-state index >= 15 is 0 Å². The molecule has 1 aliphatic heterocycles. The second-order valence-electron chi connectivity index (χ2n) is 6.04. The SMILES string of the molecule is O=C(NC[C@@H]1CCCCO1)c1cccc(S(=O)(=O)NCc2ccon2)c1. The molecule has 1 saturated heterocycles. The van der Waals surface area contributed by atoms with E-state index in [9.17, 15) is 13.2 Å². The Bertz CT molecular complexity index is 830. The molecule has 0 saturated carbocycles. The van der Waals surface area contributed by atoms with Gasteiger partial charge in [0.25, 0.3) is 5.91 Å². The number of rotatable bonds is 7. The summed E-state index contributed by atoms with van der Waals surface area (Å²) in [6.07, 6.45) is 4.44. The van der Waals surface area contributed by atoms with Crippen LogP contribution in [0.25, 0.3) is 0 Å². The van der Waals surface area contributed by atoms with Crippen LogP contribution >= 0.6 is 0 Å². The highest BCUT2D eigenvalue weighted by molar-refractivity contribution is 7.89. The van der Waals surface area contributed by atoms with E-state index in [0.717, 1.165) is 19.3 Å². The molecule has 8 nitrogen and oxygen atoms in total. The fourth-order valence-corrected chi connectivity index (χ4v) is 3.71. The van der Waals surface area contributed by atoms with Crippen LogP contribution in [0.3, 0.4) is 0 Å². The molecule has 0 aliphatic carbocycles. The first-order valence-corrected chi connectivity index (χ1v) is 9.92. The summed E-state index contributed by atoms with van der Waals surface area (Å²) >= 11 is 0. The average molecular weight is 379 g/mol. The van der Waals surface area contributed by atoms with Crippen LogP contribution in [-0.2, 0) is 21.3 Å². The monoisotopic (exact) mass is 379 g/mol. The van der Waals surface area contributed by atoms with Crippen LogP contribution in [0.2, 0.25) is 0 Å². The average Bonchev–Trinajstić information content (AvgIpc) is 3.19. The Labute approximate surface area is 152 Å². The highest BCUT2D eigenvalue weighted by atomic mass is 32.2. The van der Waals surface area contributed by atoms with E-state index in [0.29, 0.717) is 18.8 Å². The number of amides is 1. The van der Waals surface area contributed by atoms with Crippen molar-refractivity contribution in [1.82, 2.24) is 15.2 Å². The van der Waals surface area contributed by atoms with Crippen molar-refractivity contribution >= 4 is 15.9 Å². The topological polar surface area (TPSA) is 111 Å². The van der Waals surface area contributed by atoms with Crippen molar-refractivity contribution in [3.05, 3.63) is 47.9 Å². The van der Waals surface area contributed by atoms with Crippen molar-refractivity contribution in [1.29, 1.82) is 0 Å². The summed E-state index contributed by atoms with van der Waals surface area (Å²) in [5.74, 6) is -0.326. The molecular formula is C17H21N3O5S. The van der Waals surface area contributed by atoms with Crippen molar-refractivity contribution < 1.29 is 22.5 Å². The van der Waals surface area contributed by atoms with Crippen LogP contribution in [0.4, 0.5) is 0 Å². The van der Waals surface area contributed by atoms with E-state index in [-0.39, 0.29) is 29.0 Å². The highest BCUT2D eigenvalue weighted by Gasteiger charge is 2.18. The molecule has 2 aromatic rings. The Kier molecular flexibility index (Phi) is 6.02. The van der Waals surface area contributed by atoms with Gasteiger partial charge >= 0.3 is 0 Å². The lowest BCUT2D eigenvalue weighted by atomic mass is 10.1. The third-order valence-corrected chi connectivity index (χ3v) is 5.50. The summed E-state index contributed by atoms with van der Waals surface area (Å²) in [4.78, 5) is 12.3. The number of nitrogens with zero attached hydrogens (tertiary/aromatic N) is 1. The molecule has 1 aliphatic rings. The lowest BCUT2D eigenvalue weighted by Gasteiger charge is -2.22. The van der Waals surface area contributed by atoms with E-state index in [1.165, 1.54) is 24.5 Å². The molecule has 1 amide bonds. The smallest absolute Gasteiger partial charge is 0.251 e. The summed E-state index contributed by atoms with van der Waals surface area (Å²) in [5.41, 5.74) is 0.750. The van der Waals surface area contributed by atoms with Gasteiger partial charge in [-0.2, -0.15) is 0 Å². The second-order valence-corrected chi connectivity index (χ2v) is 7.81. The van der Waals surface area contributed by atoms with Crippen molar-refractivity contribution in [2.75, 3.05) is 13.2 Å². The molecule has 0 spiro atoms. The van der Waals surface area contributed by atoms with Gasteiger partial charge in [-0.25, -0.2) is 13.1 Å². The Hall–Kier alpha value is -2.23. The van der Waals surface area contributed by atoms with E-state index in [2.05, 4.69) is 19.7 Å². The molecule has 9 heteroatoms. The zero-order valence-electron chi connectivity index (χ0n) is 14.2. The van der Waals surface area contributed by atoms with Crippen molar-refractivity contribution in [2.45, 2.75) is 36.8 Å². The number of ether oxygens (including phenoxy) is 1. The lowest BCUT2D eigenvalue weighted by Crippen LogP contribution is -2.35. The first kappa shape index (κ1) is 18.6. The molecule has 3 rings (SSSR count). The molecule has 2 heterocycles. The molecule has 26 heavy (non-hydrogen) atoms. The highest BCUT2D eigenvalue weighted by Crippen LogP contribution is 2.14. The quantitative estimate of drug-likeness (QED) is 0.753. The summed E-state index contributed by atoms with van der Waals surface area (Å²) in [6, 6.07) is 7.47. The summed E-state index contributed by atoms with van der Waals surface area (Å²) in [5, 5.41) is 6.45. The van der Waals surface area contributed by atoms with Crippen molar-refractivity contribution in [3.63, 3.8) is 0 Å². The number of carbonyl (C=O) groups excluding carboxylic acids is 1. The predicted molar refractivity (Wildman–Crippen MR) is 92.9 cm³/mol. The largest absolute Gasteiger partial charge is 0.376 e. The minimum absolute atomic E-state index is 0.00821. The number of hydrogen-bond acceptors (Lipinski definition) is 6. The fraction of sp³-hybridized carbons (Fsp3) is 0.412. The van der Waals surface area contributed by atoms with Crippen LogP contribution in [0.1, 0.15) is 35.3 Å². The van der Waals surface area contributed by atoms with E-state index < -0.39 is 10.0 Å². The normalized spacial score (nSPS) is 17.8. The molecular weight excluding hydrogens is 358 g/mol. The third kappa shape index (κ3) is 4.90. The number of nitrogens with one attached hydrogen (secondary N) is 2. The zero-order valence-corrected chi connectivity index (χ0v) is 15.0. The molecule has 1 fully saturated rings. The third-order valence-electron chi connectivity index (χ3n) is 4.11. The molecule has 0 unspecified atom stereocenters. The van der Waals surface area contributed by atoms with Crippen LogP contribution in [-0.4, -0.2) is 38.7 Å². The fourth-order valence-electron chi connectivity index (χ4n) is 2.66. The Morgan fingerprint density at radius 2 is 2.15 bits per heavy atom. The van der Waals surface area contributed by atoms with Gasteiger partial charge < -0.3 is 14.6 Å². The maximum absolute atomic E-state index is 12.4. The van der Waals surface area contributed by atoms with Gasteiger partial charge in [-0.15, -0.1) is 0 Å². The van der Waals surface area contributed by atoms with E-state index in [4.69, 9.17) is 4.74 Å². The minimum Gasteiger partial charge on any atom is -0.376 e. The number of sulfonamides is 1. The second kappa shape index (κ2) is 8.43. The zero-order chi connectivity index (χ0) is 18.4. The Morgan fingerprint density at radius 1 is 1.27 bits per heavy atom. The number of carbonyl (C=O) groups is 1. The maximum Gasteiger partial charge on any atom is 0.251 e. The van der Waals surface area contributed by atoms with Crippen molar-refractivity contribution in [3.8, 4) is 0 Å². The maximum atomic E-state index is 12.4. The molecule has 0 bridgehead atoms. The predicted octanol–water partition coefficient (Wildman–Crippen LogP) is 1.45.